The predicted octanol–water partition coefficient (Wildman–Crippen LogP) is 1.35. The minimum Gasteiger partial charge on any atom is -0.338 e. The maximum atomic E-state index is 12.2. The number of sulfonamides is 1. The summed E-state index contributed by atoms with van der Waals surface area (Å²) in [6.45, 7) is 6.21. The fourth-order valence-corrected chi connectivity index (χ4v) is 4.64. The molecule has 1 aromatic rings. The Labute approximate surface area is 156 Å². The Hall–Kier alpha value is -1.61. The standard InChI is InChI=1S/C17H31N5O3S/c1-14-13-15(2)21(19-14)12-11-20(3)17(23)18-9-8-16-7-5-6-10-22(16)26(4,24)25/h13,16H,5-12H2,1-4H3,(H,18,23)/t16-/m1/s1. The minimum atomic E-state index is -3.18. The molecular formula is C17H31N5O3S. The van der Waals surface area contributed by atoms with Crippen LogP contribution in [-0.2, 0) is 16.6 Å². The van der Waals surface area contributed by atoms with Gasteiger partial charge < -0.3 is 10.2 Å². The van der Waals surface area contributed by atoms with Crippen LogP contribution in [0.4, 0.5) is 4.79 Å². The van der Waals surface area contributed by atoms with E-state index in [1.807, 2.05) is 24.6 Å². The average molecular weight is 386 g/mol. The predicted molar refractivity (Wildman–Crippen MR) is 102 cm³/mol. The van der Waals surface area contributed by atoms with Gasteiger partial charge in [0.15, 0.2) is 0 Å². The summed E-state index contributed by atoms with van der Waals surface area (Å²) in [7, 11) is -1.43. The van der Waals surface area contributed by atoms with E-state index in [2.05, 4.69) is 10.4 Å². The van der Waals surface area contributed by atoms with Gasteiger partial charge in [-0.05, 0) is 39.2 Å². The molecule has 1 aliphatic heterocycles. The maximum Gasteiger partial charge on any atom is 0.317 e. The van der Waals surface area contributed by atoms with E-state index in [9.17, 15) is 13.2 Å². The summed E-state index contributed by atoms with van der Waals surface area (Å²) >= 11 is 0. The molecule has 8 nitrogen and oxygen atoms in total. The molecule has 1 atom stereocenters. The summed E-state index contributed by atoms with van der Waals surface area (Å²) in [6.07, 6.45) is 4.70. The topological polar surface area (TPSA) is 87.5 Å². The number of hydrogen-bond donors (Lipinski definition) is 1. The Bertz CT molecular complexity index is 716. The third kappa shape index (κ3) is 5.70. The van der Waals surface area contributed by atoms with Crippen LogP contribution in [0.25, 0.3) is 0 Å². The Morgan fingerprint density at radius 1 is 1.38 bits per heavy atom. The molecule has 1 N–H and O–H groups in total. The van der Waals surface area contributed by atoms with Crippen molar-refractivity contribution in [3.8, 4) is 0 Å². The number of carbonyl (C=O) groups is 1. The van der Waals surface area contributed by atoms with Crippen molar-refractivity contribution in [3.05, 3.63) is 17.5 Å². The first-order valence-electron chi connectivity index (χ1n) is 9.15. The number of rotatable bonds is 7. The van der Waals surface area contributed by atoms with Crippen LogP contribution >= 0.6 is 0 Å². The molecule has 1 aliphatic rings. The van der Waals surface area contributed by atoms with Gasteiger partial charge in [-0.3, -0.25) is 4.68 Å². The molecule has 9 heteroatoms. The second kappa shape index (κ2) is 8.85. The fraction of sp³-hybridized carbons (Fsp3) is 0.765. The molecule has 1 fully saturated rings. The van der Waals surface area contributed by atoms with Gasteiger partial charge in [0, 0.05) is 38.4 Å². The number of amides is 2. The highest BCUT2D eigenvalue weighted by Crippen LogP contribution is 2.21. The summed E-state index contributed by atoms with van der Waals surface area (Å²) in [5.41, 5.74) is 2.05. The third-order valence-electron chi connectivity index (χ3n) is 4.85. The van der Waals surface area contributed by atoms with Crippen LogP contribution < -0.4 is 5.32 Å². The average Bonchev–Trinajstić information content (AvgIpc) is 2.89. The summed E-state index contributed by atoms with van der Waals surface area (Å²) in [6, 6.07) is 1.85. The van der Waals surface area contributed by atoms with Crippen LogP contribution in [0.5, 0.6) is 0 Å². The van der Waals surface area contributed by atoms with Crippen molar-refractivity contribution in [3.63, 3.8) is 0 Å². The van der Waals surface area contributed by atoms with Crippen molar-refractivity contribution in [1.29, 1.82) is 0 Å². The quantitative estimate of drug-likeness (QED) is 0.767. The number of nitrogens with zero attached hydrogens (tertiary/aromatic N) is 4. The molecule has 2 amide bonds. The van der Waals surface area contributed by atoms with Crippen LogP contribution in [-0.4, -0.2) is 72.4 Å². The molecule has 0 radical (unpaired) electrons. The molecule has 26 heavy (non-hydrogen) atoms. The van der Waals surface area contributed by atoms with Crippen molar-refractivity contribution >= 4 is 16.1 Å². The minimum absolute atomic E-state index is 0.0148. The van der Waals surface area contributed by atoms with Crippen LogP contribution in [0, 0.1) is 13.8 Å². The largest absolute Gasteiger partial charge is 0.338 e. The van der Waals surface area contributed by atoms with E-state index < -0.39 is 10.0 Å². The second-order valence-electron chi connectivity index (χ2n) is 7.12. The molecule has 0 aliphatic carbocycles. The van der Waals surface area contributed by atoms with Gasteiger partial charge in [0.2, 0.25) is 10.0 Å². The SMILES string of the molecule is Cc1cc(C)n(CCN(C)C(=O)NCC[C@H]2CCCCN2S(C)(=O)=O)n1. The van der Waals surface area contributed by atoms with Crippen LogP contribution in [0.1, 0.15) is 37.1 Å². The fourth-order valence-electron chi connectivity index (χ4n) is 3.43. The lowest BCUT2D eigenvalue weighted by Gasteiger charge is -2.33. The van der Waals surface area contributed by atoms with Crippen molar-refractivity contribution in [2.24, 2.45) is 0 Å². The number of carbonyl (C=O) groups excluding carboxylic acids is 1. The van der Waals surface area contributed by atoms with Crippen molar-refractivity contribution in [2.75, 3.05) is 32.9 Å². The lowest BCUT2D eigenvalue weighted by Crippen LogP contribution is -2.46. The summed E-state index contributed by atoms with van der Waals surface area (Å²) in [5, 5.41) is 7.29. The van der Waals surface area contributed by atoms with E-state index in [1.165, 1.54) is 6.26 Å². The van der Waals surface area contributed by atoms with E-state index in [-0.39, 0.29) is 12.1 Å². The number of hydrogen-bond acceptors (Lipinski definition) is 4. The smallest absolute Gasteiger partial charge is 0.317 e. The van der Waals surface area contributed by atoms with Crippen molar-refractivity contribution in [1.82, 2.24) is 24.3 Å². The Balaban J connectivity index is 1.76. The second-order valence-corrected chi connectivity index (χ2v) is 9.05. The molecular weight excluding hydrogens is 354 g/mol. The summed E-state index contributed by atoms with van der Waals surface area (Å²) in [5.74, 6) is 0. The van der Waals surface area contributed by atoms with Crippen LogP contribution in [0.2, 0.25) is 0 Å². The molecule has 0 saturated carbocycles. The van der Waals surface area contributed by atoms with E-state index in [1.54, 1.807) is 16.3 Å². The first-order valence-corrected chi connectivity index (χ1v) is 11.0. The third-order valence-corrected chi connectivity index (χ3v) is 6.18. The molecule has 0 bridgehead atoms. The normalized spacial score (nSPS) is 18.7. The van der Waals surface area contributed by atoms with Gasteiger partial charge in [-0.25, -0.2) is 13.2 Å². The van der Waals surface area contributed by atoms with Gasteiger partial charge in [0.05, 0.1) is 18.5 Å². The lowest BCUT2D eigenvalue weighted by molar-refractivity contribution is 0.202. The van der Waals surface area contributed by atoms with E-state index in [0.717, 1.165) is 30.7 Å². The monoisotopic (exact) mass is 385 g/mol. The molecule has 0 aromatic carbocycles. The highest BCUT2D eigenvalue weighted by molar-refractivity contribution is 7.88. The molecule has 1 saturated heterocycles. The van der Waals surface area contributed by atoms with Crippen LogP contribution in [0.15, 0.2) is 6.07 Å². The van der Waals surface area contributed by atoms with Gasteiger partial charge >= 0.3 is 6.03 Å². The molecule has 1 aromatic heterocycles. The number of urea groups is 1. The first kappa shape index (κ1) is 20.7. The Kier molecular flexibility index (Phi) is 7.05. The molecule has 2 heterocycles. The van der Waals surface area contributed by atoms with Gasteiger partial charge in [0.25, 0.3) is 0 Å². The lowest BCUT2D eigenvalue weighted by atomic mass is 10.0. The molecule has 0 unspecified atom stereocenters. The zero-order valence-corrected chi connectivity index (χ0v) is 17.0. The first-order chi connectivity index (χ1) is 12.2. The van der Waals surface area contributed by atoms with E-state index in [4.69, 9.17) is 0 Å². The highest BCUT2D eigenvalue weighted by atomic mass is 32.2. The molecule has 2 rings (SSSR count). The van der Waals surface area contributed by atoms with Gasteiger partial charge in [-0.15, -0.1) is 0 Å². The molecule has 0 spiro atoms. The van der Waals surface area contributed by atoms with Crippen molar-refractivity contribution < 1.29 is 13.2 Å². The van der Waals surface area contributed by atoms with Gasteiger partial charge in [-0.2, -0.15) is 9.40 Å². The number of likely N-dealkylation sites (N-methyl/N-ethyl adjacent to an activating group) is 1. The van der Waals surface area contributed by atoms with E-state index in [0.29, 0.717) is 32.6 Å². The number of nitrogens with one attached hydrogen (secondary N) is 1. The highest BCUT2D eigenvalue weighted by Gasteiger charge is 2.28. The van der Waals surface area contributed by atoms with E-state index >= 15 is 0 Å². The zero-order valence-electron chi connectivity index (χ0n) is 16.2. The summed E-state index contributed by atoms with van der Waals surface area (Å²) in [4.78, 5) is 13.9. The van der Waals surface area contributed by atoms with Crippen molar-refractivity contribution in [2.45, 2.75) is 52.1 Å². The van der Waals surface area contributed by atoms with Gasteiger partial charge in [0.1, 0.15) is 0 Å². The Morgan fingerprint density at radius 3 is 2.73 bits per heavy atom. The number of piperidine rings is 1. The molecule has 148 valence electrons. The zero-order chi connectivity index (χ0) is 19.3. The summed E-state index contributed by atoms with van der Waals surface area (Å²) < 4.78 is 27.2. The van der Waals surface area contributed by atoms with Crippen LogP contribution in [0.3, 0.4) is 0 Å². The number of aromatic nitrogens is 2. The maximum absolute atomic E-state index is 12.2. The Morgan fingerprint density at radius 2 is 2.12 bits per heavy atom. The number of aryl methyl sites for hydroxylation is 2. The van der Waals surface area contributed by atoms with Gasteiger partial charge in [-0.1, -0.05) is 6.42 Å².